The third-order valence-corrected chi connectivity index (χ3v) is 5.90. The Bertz CT molecular complexity index is 1030. The molecule has 1 aromatic heterocycles. The van der Waals surface area contributed by atoms with Gasteiger partial charge in [0.1, 0.15) is 11.5 Å². The predicted molar refractivity (Wildman–Crippen MR) is 118 cm³/mol. The number of aryl methyl sites for hydroxylation is 1. The molecule has 3 aromatic rings. The number of fused-ring (bicyclic) bond motifs is 1. The topological polar surface area (TPSA) is 71.6 Å². The Morgan fingerprint density at radius 2 is 2.17 bits per heavy atom. The molecular weight excluding hydrogens is 383 g/mol. The monoisotopic (exact) mass is 410 g/mol. The number of carbonyl (C=O) groups excluding carboxylic acids is 1. The number of hydrogen-bond donors (Lipinski definition) is 3. The second kappa shape index (κ2) is 8.45. The average molecular weight is 410 g/mol. The zero-order chi connectivity index (χ0) is 21.3. The average Bonchev–Trinajstić information content (AvgIpc) is 3.40. The molecule has 0 saturated carbocycles. The fourth-order valence-corrected chi connectivity index (χ4v) is 4.10. The highest BCUT2D eigenvalue weighted by Crippen LogP contribution is 2.26. The van der Waals surface area contributed by atoms with E-state index < -0.39 is 0 Å². The van der Waals surface area contributed by atoms with Crippen molar-refractivity contribution in [3.05, 3.63) is 59.5 Å². The van der Waals surface area contributed by atoms with Crippen LogP contribution in [0.5, 0.6) is 0 Å². The van der Waals surface area contributed by atoms with E-state index in [4.69, 9.17) is 5.11 Å². The largest absolute Gasteiger partial charge is 0.395 e. The van der Waals surface area contributed by atoms with E-state index in [1.165, 1.54) is 6.07 Å². The van der Waals surface area contributed by atoms with Crippen molar-refractivity contribution in [3.8, 4) is 0 Å². The van der Waals surface area contributed by atoms with Gasteiger partial charge in [-0.05, 0) is 56.3 Å². The Kier molecular flexibility index (Phi) is 5.74. The number of carbonyl (C=O) groups is 1. The SMILES string of the molecule is Cc1ccc(F)c2cc(C(=O)Nc3cccc(N4CCC(N(C)CCO)C4)c3)[nH]c12. The maximum Gasteiger partial charge on any atom is 0.272 e. The summed E-state index contributed by atoms with van der Waals surface area (Å²) in [5.41, 5.74) is 3.61. The van der Waals surface area contributed by atoms with Crippen LogP contribution in [0.4, 0.5) is 15.8 Å². The fourth-order valence-electron chi connectivity index (χ4n) is 4.10. The standard InChI is InChI=1S/C23H27FN4O2/c1-15-6-7-20(24)19-13-21(26-22(15)19)23(30)25-16-4-3-5-17(12-16)28-9-8-18(14-28)27(2)10-11-29/h3-7,12-13,18,26,29H,8-11,14H2,1-2H3,(H,25,30). The van der Waals surface area contributed by atoms with E-state index in [-0.39, 0.29) is 18.3 Å². The van der Waals surface area contributed by atoms with Gasteiger partial charge >= 0.3 is 0 Å². The second-order valence-corrected chi connectivity index (χ2v) is 7.93. The van der Waals surface area contributed by atoms with Gasteiger partial charge in [0.15, 0.2) is 0 Å². The van der Waals surface area contributed by atoms with E-state index in [1.54, 1.807) is 12.1 Å². The van der Waals surface area contributed by atoms with Crippen molar-refractivity contribution in [3.63, 3.8) is 0 Å². The molecule has 1 fully saturated rings. The molecule has 0 bridgehead atoms. The molecule has 1 unspecified atom stereocenters. The number of halogens is 1. The second-order valence-electron chi connectivity index (χ2n) is 7.93. The summed E-state index contributed by atoms with van der Waals surface area (Å²) in [5, 5.41) is 12.5. The molecule has 158 valence electrons. The molecule has 0 spiro atoms. The highest BCUT2D eigenvalue weighted by Gasteiger charge is 2.25. The van der Waals surface area contributed by atoms with Crippen LogP contribution in [0.3, 0.4) is 0 Å². The molecule has 2 heterocycles. The minimum atomic E-state index is -0.345. The number of anilines is 2. The number of aromatic nitrogens is 1. The van der Waals surface area contributed by atoms with Crippen molar-refractivity contribution in [1.82, 2.24) is 9.88 Å². The lowest BCUT2D eigenvalue weighted by molar-refractivity contribution is 0.102. The molecule has 4 rings (SSSR count). The van der Waals surface area contributed by atoms with E-state index in [0.29, 0.717) is 34.9 Å². The lowest BCUT2D eigenvalue weighted by atomic mass is 10.1. The smallest absolute Gasteiger partial charge is 0.272 e. The molecule has 1 atom stereocenters. The molecule has 1 saturated heterocycles. The molecule has 0 aliphatic carbocycles. The van der Waals surface area contributed by atoms with Crippen molar-refractivity contribution in [2.24, 2.45) is 0 Å². The first-order chi connectivity index (χ1) is 14.5. The number of likely N-dealkylation sites (N-methyl/N-ethyl adjacent to an activating group) is 1. The molecule has 1 aliphatic heterocycles. The highest BCUT2D eigenvalue weighted by atomic mass is 19.1. The number of amides is 1. The van der Waals surface area contributed by atoms with Crippen LogP contribution < -0.4 is 10.2 Å². The van der Waals surface area contributed by atoms with Crippen LogP contribution in [0.2, 0.25) is 0 Å². The van der Waals surface area contributed by atoms with Gasteiger partial charge in [0.2, 0.25) is 0 Å². The van der Waals surface area contributed by atoms with E-state index >= 15 is 0 Å². The van der Waals surface area contributed by atoms with Gasteiger partial charge in [-0.1, -0.05) is 12.1 Å². The molecule has 1 aliphatic rings. The van der Waals surface area contributed by atoms with Crippen molar-refractivity contribution >= 4 is 28.2 Å². The molecule has 6 nitrogen and oxygen atoms in total. The number of rotatable bonds is 6. The number of aromatic amines is 1. The number of H-pyrrole nitrogens is 1. The Hall–Kier alpha value is -2.90. The number of aliphatic hydroxyl groups is 1. The summed E-state index contributed by atoms with van der Waals surface area (Å²) >= 11 is 0. The van der Waals surface area contributed by atoms with Crippen LogP contribution in [-0.2, 0) is 0 Å². The minimum absolute atomic E-state index is 0.158. The summed E-state index contributed by atoms with van der Waals surface area (Å²) in [4.78, 5) is 20.3. The van der Waals surface area contributed by atoms with Crippen LogP contribution in [0.15, 0.2) is 42.5 Å². The van der Waals surface area contributed by atoms with Gasteiger partial charge in [-0.15, -0.1) is 0 Å². The lowest BCUT2D eigenvalue weighted by Crippen LogP contribution is -2.36. The van der Waals surface area contributed by atoms with Gasteiger partial charge in [-0.2, -0.15) is 0 Å². The van der Waals surface area contributed by atoms with E-state index in [2.05, 4.69) is 20.1 Å². The maximum atomic E-state index is 14.1. The Morgan fingerprint density at radius 1 is 1.33 bits per heavy atom. The third-order valence-electron chi connectivity index (χ3n) is 5.90. The van der Waals surface area contributed by atoms with Crippen LogP contribution in [0, 0.1) is 12.7 Å². The molecule has 1 amide bonds. The molecule has 0 radical (unpaired) electrons. The van der Waals surface area contributed by atoms with Gasteiger partial charge < -0.3 is 20.3 Å². The maximum absolute atomic E-state index is 14.1. The van der Waals surface area contributed by atoms with Gasteiger partial charge in [0.05, 0.1) is 12.1 Å². The summed E-state index contributed by atoms with van der Waals surface area (Å²) in [6.07, 6.45) is 1.03. The van der Waals surface area contributed by atoms with Crippen LogP contribution >= 0.6 is 0 Å². The summed E-state index contributed by atoms with van der Waals surface area (Å²) in [7, 11) is 2.03. The Balaban J connectivity index is 1.48. The first-order valence-corrected chi connectivity index (χ1v) is 10.2. The van der Waals surface area contributed by atoms with Crippen molar-refractivity contribution in [2.45, 2.75) is 19.4 Å². The fraction of sp³-hybridized carbons (Fsp3) is 0.348. The lowest BCUT2D eigenvalue weighted by Gasteiger charge is -2.24. The minimum Gasteiger partial charge on any atom is -0.395 e. The Labute approximate surface area is 175 Å². The molecule has 30 heavy (non-hydrogen) atoms. The molecule has 3 N–H and O–H groups in total. The predicted octanol–water partition coefficient (Wildman–Crippen LogP) is 3.37. The number of benzene rings is 2. The van der Waals surface area contributed by atoms with Gasteiger partial charge in [0.25, 0.3) is 5.91 Å². The van der Waals surface area contributed by atoms with E-state index in [1.807, 2.05) is 38.2 Å². The summed E-state index contributed by atoms with van der Waals surface area (Å²) in [6, 6.07) is 12.8. The normalized spacial score (nSPS) is 16.6. The van der Waals surface area contributed by atoms with Crippen LogP contribution in [0.25, 0.3) is 10.9 Å². The molecular formula is C23H27FN4O2. The molecule has 7 heteroatoms. The van der Waals surface area contributed by atoms with E-state index in [0.717, 1.165) is 30.8 Å². The van der Waals surface area contributed by atoms with Crippen LogP contribution in [0.1, 0.15) is 22.5 Å². The van der Waals surface area contributed by atoms with Crippen molar-refractivity contribution in [1.29, 1.82) is 0 Å². The number of hydrogen-bond acceptors (Lipinski definition) is 4. The van der Waals surface area contributed by atoms with Crippen molar-refractivity contribution < 1.29 is 14.3 Å². The summed E-state index contributed by atoms with van der Waals surface area (Å²) < 4.78 is 14.1. The zero-order valence-electron chi connectivity index (χ0n) is 17.3. The van der Waals surface area contributed by atoms with E-state index in [9.17, 15) is 9.18 Å². The summed E-state index contributed by atoms with van der Waals surface area (Å²) in [6.45, 7) is 4.52. The Morgan fingerprint density at radius 3 is 2.93 bits per heavy atom. The van der Waals surface area contributed by atoms with Crippen molar-refractivity contribution in [2.75, 3.05) is 43.5 Å². The van der Waals surface area contributed by atoms with Crippen LogP contribution in [-0.4, -0.2) is 60.2 Å². The van der Waals surface area contributed by atoms with Gasteiger partial charge in [-0.3, -0.25) is 9.69 Å². The van der Waals surface area contributed by atoms with Gasteiger partial charge in [0, 0.05) is 42.4 Å². The first kappa shape index (κ1) is 20.4. The number of aliphatic hydroxyl groups excluding tert-OH is 1. The third kappa shape index (κ3) is 4.04. The quantitative estimate of drug-likeness (QED) is 0.583. The number of nitrogens with one attached hydrogen (secondary N) is 2. The molecule has 2 aromatic carbocycles. The van der Waals surface area contributed by atoms with Gasteiger partial charge in [-0.25, -0.2) is 4.39 Å². The summed E-state index contributed by atoms with van der Waals surface area (Å²) in [5.74, 6) is -0.647. The zero-order valence-corrected chi connectivity index (χ0v) is 17.3. The first-order valence-electron chi connectivity index (χ1n) is 10.2. The highest BCUT2D eigenvalue weighted by molar-refractivity contribution is 6.06. The number of nitrogens with zero attached hydrogens (tertiary/aromatic N) is 2.